The van der Waals surface area contributed by atoms with Gasteiger partial charge in [-0.15, -0.1) is 0 Å². The molecular weight excluding hydrogens is 424 g/mol. The van der Waals surface area contributed by atoms with E-state index >= 15 is 0 Å². The number of nitrogens with one attached hydrogen (secondary N) is 2. The van der Waals surface area contributed by atoms with Crippen LogP contribution in [0.2, 0.25) is 0 Å². The van der Waals surface area contributed by atoms with Crippen molar-refractivity contribution in [3.8, 4) is 11.5 Å². The van der Waals surface area contributed by atoms with Crippen LogP contribution in [-0.4, -0.2) is 39.2 Å². The van der Waals surface area contributed by atoms with Crippen molar-refractivity contribution >= 4 is 17.9 Å². The van der Waals surface area contributed by atoms with Crippen LogP contribution < -0.4 is 20.1 Å². The van der Waals surface area contributed by atoms with Gasteiger partial charge in [0.15, 0.2) is 11.5 Å². The predicted molar refractivity (Wildman–Crippen MR) is 123 cm³/mol. The quantitative estimate of drug-likeness (QED) is 0.343. The molecule has 0 fully saturated rings. The second-order valence-electron chi connectivity index (χ2n) is 6.89. The van der Waals surface area contributed by atoms with Crippen molar-refractivity contribution in [2.45, 2.75) is 6.61 Å². The Morgan fingerprint density at radius 2 is 1.76 bits per heavy atom. The number of amides is 2. The van der Waals surface area contributed by atoms with Gasteiger partial charge in [-0.1, -0.05) is 30.3 Å². The highest BCUT2D eigenvalue weighted by molar-refractivity contribution is 6.05. The van der Waals surface area contributed by atoms with Crippen molar-refractivity contribution in [1.82, 2.24) is 10.6 Å². The van der Waals surface area contributed by atoms with E-state index in [1.807, 2.05) is 30.3 Å². The normalized spacial score (nSPS) is 11.0. The fraction of sp³-hybridized carbons (Fsp3) is 0.200. The summed E-state index contributed by atoms with van der Waals surface area (Å²) in [6, 6.07) is 17.8. The molecular formula is C25H26N2O6. The lowest BCUT2D eigenvalue weighted by atomic mass is 10.1. The highest BCUT2D eigenvalue weighted by atomic mass is 16.5. The summed E-state index contributed by atoms with van der Waals surface area (Å²) in [5.74, 6) is 0.372. The molecule has 2 N–H and O–H groups in total. The third kappa shape index (κ3) is 6.98. The molecule has 0 saturated heterocycles. The summed E-state index contributed by atoms with van der Waals surface area (Å²) in [6.07, 6.45) is 2.94. The molecule has 33 heavy (non-hydrogen) atoms. The molecule has 1 heterocycles. The lowest BCUT2D eigenvalue weighted by Crippen LogP contribution is -2.36. The number of carbonyl (C=O) groups excluding carboxylic acids is 2. The molecule has 2 amide bonds. The second kappa shape index (κ2) is 12.1. The maximum absolute atomic E-state index is 12.8. The zero-order valence-corrected chi connectivity index (χ0v) is 18.5. The molecule has 0 saturated carbocycles. The van der Waals surface area contributed by atoms with E-state index in [0.717, 1.165) is 5.56 Å². The second-order valence-corrected chi connectivity index (χ2v) is 6.89. The Morgan fingerprint density at radius 3 is 2.45 bits per heavy atom. The van der Waals surface area contributed by atoms with E-state index in [4.69, 9.17) is 18.6 Å². The Kier molecular flexibility index (Phi) is 8.67. The predicted octanol–water partition coefficient (Wildman–Crippen LogP) is 3.40. The van der Waals surface area contributed by atoms with Crippen LogP contribution >= 0.6 is 0 Å². The molecule has 0 aliphatic rings. The highest BCUT2D eigenvalue weighted by Gasteiger charge is 2.17. The van der Waals surface area contributed by atoms with E-state index < -0.39 is 11.8 Å². The minimum Gasteiger partial charge on any atom is -0.493 e. The van der Waals surface area contributed by atoms with E-state index in [0.29, 0.717) is 36.0 Å². The van der Waals surface area contributed by atoms with Crippen LogP contribution in [0, 0.1) is 0 Å². The number of methoxy groups -OCH3 is 2. The minimum atomic E-state index is -0.482. The van der Waals surface area contributed by atoms with Crippen molar-refractivity contribution < 1.29 is 28.2 Å². The number of carbonyl (C=O) groups is 2. The molecule has 0 aliphatic heterocycles. The standard InChI is InChI=1S/C25H26N2O6/c1-30-22-11-10-19(15-23(22)31-2)24(28)27-21(16-20-9-6-13-33-20)25(29)26-12-14-32-17-18-7-4-3-5-8-18/h3-11,13,15-16H,12,14,17H2,1-2H3,(H,26,29)(H,27,28)/b21-16-. The van der Waals surface area contributed by atoms with Crippen molar-refractivity contribution in [3.05, 3.63) is 89.5 Å². The fourth-order valence-corrected chi connectivity index (χ4v) is 2.94. The van der Waals surface area contributed by atoms with Crippen LogP contribution in [0.4, 0.5) is 0 Å². The monoisotopic (exact) mass is 450 g/mol. The molecule has 3 rings (SSSR count). The Labute approximate surface area is 192 Å². The first-order valence-corrected chi connectivity index (χ1v) is 10.3. The summed E-state index contributed by atoms with van der Waals surface area (Å²) in [5.41, 5.74) is 1.38. The van der Waals surface area contributed by atoms with Gasteiger partial charge in [0.1, 0.15) is 11.5 Å². The van der Waals surface area contributed by atoms with Gasteiger partial charge in [-0.3, -0.25) is 9.59 Å². The Bertz CT molecular complexity index is 1080. The van der Waals surface area contributed by atoms with Crippen molar-refractivity contribution in [3.63, 3.8) is 0 Å². The maximum Gasteiger partial charge on any atom is 0.268 e. The molecule has 172 valence electrons. The Hall–Kier alpha value is -4.04. The van der Waals surface area contributed by atoms with Crippen LogP contribution in [-0.2, 0) is 16.1 Å². The highest BCUT2D eigenvalue weighted by Crippen LogP contribution is 2.27. The summed E-state index contributed by atoms with van der Waals surface area (Å²) in [7, 11) is 2.99. The summed E-state index contributed by atoms with van der Waals surface area (Å²) >= 11 is 0. The Morgan fingerprint density at radius 1 is 0.970 bits per heavy atom. The number of benzene rings is 2. The van der Waals surface area contributed by atoms with Crippen LogP contribution in [0.15, 0.2) is 77.0 Å². The fourth-order valence-electron chi connectivity index (χ4n) is 2.94. The van der Waals surface area contributed by atoms with Crippen molar-refractivity contribution in [1.29, 1.82) is 0 Å². The Balaban J connectivity index is 1.62. The maximum atomic E-state index is 12.8. The van der Waals surface area contributed by atoms with Crippen LogP contribution in [0.5, 0.6) is 11.5 Å². The molecule has 8 nitrogen and oxygen atoms in total. The molecule has 8 heteroatoms. The number of hydrogen-bond donors (Lipinski definition) is 2. The molecule has 2 aromatic carbocycles. The van der Waals surface area contributed by atoms with Gasteiger partial charge in [0.25, 0.3) is 11.8 Å². The molecule has 1 aromatic heterocycles. The van der Waals surface area contributed by atoms with E-state index in [2.05, 4.69) is 10.6 Å². The van der Waals surface area contributed by atoms with E-state index in [-0.39, 0.29) is 12.2 Å². The van der Waals surface area contributed by atoms with Crippen molar-refractivity contribution in [2.24, 2.45) is 0 Å². The smallest absolute Gasteiger partial charge is 0.268 e. The first-order chi connectivity index (χ1) is 16.1. The summed E-state index contributed by atoms with van der Waals surface area (Å²) < 4.78 is 21.3. The molecule has 0 unspecified atom stereocenters. The molecule has 0 atom stereocenters. The van der Waals surface area contributed by atoms with Gasteiger partial charge < -0.3 is 29.3 Å². The SMILES string of the molecule is COc1ccc(C(=O)N/C(=C\c2ccco2)C(=O)NCCOCc2ccccc2)cc1OC. The lowest BCUT2D eigenvalue weighted by Gasteiger charge is -2.12. The van der Waals surface area contributed by atoms with Gasteiger partial charge in [0.05, 0.1) is 33.7 Å². The summed E-state index contributed by atoms with van der Waals surface area (Å²) in [6.45, 7) is 1.04. The van der Waals surface area contributed by atoms with Gasteiger partial charge in [-0.05, 0) is 35.9 Å². The van der Waals surface area contributed by atoms with Crippen molar-refractivity contribution in [2.75, 3.05) is 27.4 Å². The molecule has 0 aliphatic carbocycles. The summed E-state index contributed by atoms with van der Waals surface area (Å²) in [4.78, 5) is 25.6. The largest absolute Gasteiger partial charge is 0.493 e. The van der Waals surface area contributed by atoms with Crippen LogP contribution in [0.25, 0.3) is 6.08 Å². The third-order valence-corrected chi connectivity index (χ3v) is 4.61. The molecule has 3 aromatic rings. The number of furan rings is 1. The zero-order chi connectivity index (χ0) is 23.5. The van der Waals surface area contributed by atoms with Gasteiger partial charge in [-0.2, -0.15) is 0 Å². The molecule has 0 spiro atoms. The minimum absolute atomic E-state index is 0.0350. The number of hydrogen-bond acceptors (Lipinski definition) is 6. The van der Waals surface area contributed by atoms with Gasteiger partial charge >= 0.3 is 0 Å². The number of rotatable bonds is 11. The van der Waals surface area contributed by atoms with Gasteiger partial charge in [0.2, 0.25) is 0 Å². The first-order valence-electron chi connectivity index (χ1n) is 10.3. The van der Waals surface area contributed by atoms with Gasteiger partial charge in [-0.25, -0.2) is 0 Å². The average molecular weight is 450 g/mol. The van der Waals surface area contributed by atoms with E-state index in [1.54, 1.807) is 24.3 Å². The third-order valence-electron chi connectivity index (χ3n) is 4.61. The lowest BCUT2D eigenvalue weighted by molar-refractivity contribution is -0.118. The molecule has 0 radical (unpaired) electrons. The van der Waals surface area contributed by atoms with E-state index in [1.165, 1.54) is 32.6 Å². The number of ether oxygens (including phenoxy) is 3. The van der Waals surface area contributed by atoms with Crippen LogP contribution in [0.3, 0.4) is 0 Å². The average Bonchev–Trinajstić information content (AvgIpc) is 3.36. The summed E-state index contributed by atoms with van der Waals surface area (Å²) in [5, 5.41) is 5.39. The zero-order valence-electron chi connectivity index (χ0n) is 18.5. The topological polar surface area (TPSA) is 99.0 Å². The molecule has 0 bridgehead atoms. The van der Waals surface area contributed by atoms with Gasteiger partial charge in [0, 0.05) is 18.2 Å². The van der Waals surface area contributed by atoms with E-state index in [9.17, 15) is 9.59 Å². The first kappa shape index (κ1) is 23.6. The van der Waals surface area contributed by atoms with Crippen LogP contribution in [0.1, 0.15) is 21.7 Å².